The first-order valence-electron chi connectivity index (χ1n) is 7.70. The summed E-state index contributed by atoms with van der Waals surface area (Å²) in [6.07, 6.45) is -0.666. The fourth-order valence-corrected chi connectivity index (χ4v) is 2.77. The Morgan fingerprint density at radius 1 is 1.23 bits per heavy atom. The van der Waals surface area contributed by atoms with E-state index in [0.717, 1.165) is 6.07 Å². The van der Waals surface area contributed by atoms with E-state index < -0.39 is 17.5 Å². The van der Waals surface area contributed by atoms with E-state index in [-0.39, 0.29) is 17.3 Å². The van der Waals surface area contributed by atoms with Crippen LogP contribution in [0.2, 0.25) is 0 Å². The van der Waals surface area contributed by atoms with Gasteiger partial charge in [-0.05, 0) is 39.0 Å². The Hall–Kier alpha value is -2.94. The molecule has 3 aromatic rings. The van der Waals surface area contributed by atoms with Crippen molar-refractivity contribution in [2.45, 2.75) is 26.4 Å². The number of benzene rings is 1. The molecule has 0 aliphatic carbocycles. The molecule has 0 atom stereocenters. The minimum atomic E-state index is -0.666. The van der Waals surface area contributed by atoms with Crippen LogP contribution in [-0.2, 0) is 4.74 Å². The predicted molar refractivity (Wildman–Crippen MR) is 98.2 cm³/mol. The monoisotopic (exact) mass is 376 g/mol. The number of anilines is 2. The van der Waals surface area contributed by atoms with E-state index in [4.69, 9.17) is 15.2 Å². The summed E-state index contributed by atoms with van der Waals surface area (Å²) >= 11 is 1.22. The summed E-state index contributed by atoms with van der Waals surface area (Å²) in [7, 11) is 0. The van der Waals surface area contributed by atoms with Crippen molar-refractivity contribution in [3.8, 4) is 11.6 Å². The number of ether oxygens (including phenoxy) is 2. The van der Waals surface area contributed by atoms with E-state index >= 15 is 0 Å². The highest BCUT2D eigenvalue weighted by Crippen LogP contribution is 2.29. The Bertz CT molecular complexity index is 968. The highest BCUT2D eigenvalue weighted by Gasteiger charge is 2.17. The Morgan fingerprint density at radius 3 is 2.69 bits per heavy atom. The molecule has 1 aromatic carbocycles. The molecule has 0 fully saturated rings. The van der Waals surface area contributed by atoms with Gasteiger partial charge >= 0.3 is 6.09 Å². The molecule has 0 bridgehead atoms. The molecular formula is C17H17FN4O3S. The average molecular weight is 376 g/mol. The summed E-state index contributed by atoms with van der Waals surface area (Å²) in [5.74, 6) is -0.457. The predicted octanol–water partition coefficient (Wildman–Crippen LogP) is 4.55. The van der Waals surface area contributed by atoms with Crippen molar-refractivity contribution in [2.24, 2.45) is 0 Å². The van der Waals surface area contributed by atoms with Crippen LogP contribution in [0.3, 0.4) is 0 Å². The van der Waals surface area contributed by atoms with E-state index in [2.05, 4.69) is 15.3 Å². The molecule has 0 unspecified atom stereocenters. The highest BCUT2D eigenvalue weighted by atomic mass is 32.1. The van der Waals surface area contributed by atoms with Gasteiger partial charge in [0, 0.05) is 17.8 Å². The van der Waals surface area contributed by atoms with E-state index in [0.29, 0.717) is 15.5 Å². The van der Waals surface area contributed by atoms with Crippen LogP contribution in [0.1, 0.15) is 20.8 Å². The molecule has 2 aromatic heterocycles. The second-order valence-corrected chi connectivity index (χ2v) is 7.41. The van der Waals surface area contributed by atoms with Crippen LogP contribution in [0, 0.1) is 5.82 Å². The molecular weight excluding hydrogens is 359 g/mol. The minimum absolute atomic E-state index is 0.0240. The fraction of sp³-hybridized carbons (Fsp3) is 0.235. The normalized spacial score (nSPS) is 11.4. The molecule has 0 aliphatic heterocycles. The van der Waals surface area contributed by atoms with E-state index in [9.17, 15) is 9.18 Å². The van der Waals surface area contributed by atoms with Gasteiger partial charge in [0.15, 0.2) is 16.7 Å². The van der Waals surface area contributed by atoms with Crippen LogP contribution < -0.4 is 15.8 Å². The standard InChI is InChI=1S/C17H17FN4O3S/c1-17(2,3)25-16(23)20-9-4-6-12(10(18)8-9)24-13-7-5-11-14(22-13)26-15(19)21-11/h4-8H,1-3H3,(H2,19,21)(H,20,23). The lowest BCUT2D eigenvalue weighted by Crippen LogP contribution is -2.27. The largest absolute Gasteiger partial charge is 0.444 e. The number of hydrogen-bond acceptors (Lipinski definition) is 7. The topological polar surface area (TPSA) is 99.4 Å². The van der Waals surface area contributed by atoms with Crippen molar-refractivity contribution in [1.82, 2.24) is 9.97 Å². The maximum absolute atomic E-state index is 14.3. The zero-order valence-electron chi connectivity index (χ0n) is 14.4. The smallest absolute Gasteiger partial charge is 0.412 e. The number of nitrogens with zero attached hydrogens (tertiary/aromatic N) is 2. The number of amides is 1. The molecule has 0 radical (unpaired) electrons. The third-order valence-electron chi connectivity index (χ3n) is 3.04. The molecule has 136 valence electrons. The lowest BCUT2D eigenvalue weighted by molar-refractivity contribution is 0.0636. The third-order valence-corrected chi connectivity index (χ3v) is 3.83. The summed E-state index contributed by atoms with van der Waals surface area (Å²) in [6, 6.07) is 7.32. The number of halogens is 1. The van der Waals surface area contributed by atoms with Gasteiger partial charge in [-0.1, -0.05) is 11.3 Å². The lowest BCUT2D eigenvalue weighted by Gasteiger charge is -2.19. The van der Waals surface area contributed by atoms with Gasteiger partial charge in [-0.2, -0.15) is 0 Å². The van der Waals surface area contributed by atoms with Crippen molar-refractivity contribution in [3.63, 3.8) is 0 Å². The van der Waals surface area contributed by atoms with Gasteiger partial charge in [0.2, 0.25) is 5.88 Å². The van der Waals surface area contributed by atoms with Crippen LogP contribution in [0.4, 0.5) is 20.0 Å². The maximum Gasteiger partial charge on any atom is 0.412 e. The number of nitrogen functional groups attached to an aromatic ring is 1. The molecule has 3 rings (SSSR count). The number of carbonyl (C=O) groups excluding carboxylic acids is 1. The van der Waals surface area contributed by atoms with Gasteiger partial charge < -0.3 is 15.2 Å². The number of nitrogens with two attached hydrogens (primary N) is 1. The van der Waals surface area contributed by atoms with Gasteiger partial charge in [-0.3, -0.25) is 5.32 Å². The fourth-order valence-electron chi connectivity index (χ4n) is 2.07. The number of carbonyl (C=O) groups is 1. The zero-order chi connectivity index (χ0) is 18.9. The minimum Gasteiger partial charge on any atom is -0.444 e. The maximum atomic E-state index is 14.3. The van der Waals surface area contributed by atoms with Crippen LogP contribution in [0.25, 0.3) is 10.3 Å². The van der Waals surface area contributed by atoms with E-state index in [1.807, 2.05) is 0 Å². The number of pyridine rings is 1. The second-order valence-electron chi connectivity index (χ2n) is 6.40. The van der Waals surface area contributed by atoms with E-state index in [1.54, 1.807) is 32.9 Å². The molecule has 0 spiro atoms. The van der Waals surface area contributed by atoms with Crippen molar-refractivity contribution in [2.75, 3.05) is 11.1 Å². The SMILES string of the molecule is CC(C)(C)OC(=O)Nc1ccc(Oc2ccc3nc(N)sc3n2)c(F)c1. The van der Waals surface area contributed by atoms with Crippen LogP contribution in [-0.4, -0.2) is 21.7 Å². The van der Waals surface area contributed by atoms with Crippen LogP contribution in [0.15, 0.2) is 30.3 Å². The molecule has 3 N–H and O–H groups in total. The Balaban J connectivity index is 1.73. The van der Waals surface area contributed by atoms with Gasteiger partial charge in [0.1, 0.15) is 15.9 Å². The second kappa shape index (κ2) is 6.75. The summed E-state index contributed by atoms with van der Waals surface area (Å²) < 4.78 is 24.9. The van der Waals surface area contributed by atoms with Crippen molar-refractivity contribution in [1.29, 1.82) is 0 Å². The van der Waals surface area contributed by atoms with Gasteiger partial charge in [-0.25, -0.2) is 19.2 Å². The van der Waals surface area contributed by atoms with Crippen LogP contribution >= 0.6 is 11.3 Å². The number of nitrogens with one attached hydrogen (secondary N) is 1. The van der Waals surface area contributed by atoms with E-state index in [1.165, 1.54) is 23.5 Å². The summed E-state index contributed by atoms with van der Waals surface area (Å²) in [6.45, 7) is 5.22. The number of rotatable bonds is 3. The molecule has 0 saturated heterocycles. The number of aromatic nitrogens is 2. The van der Waals surface area contributed by atoms with Gasteiger partial charge in [0.05, 0.1) is 0 Å². The van der Waals surface area contributed by atoms with Gasteiger partial charge in [0.25, 0.3) is 0 Å². The Kier molecular flexibility index (Phi) is 4.64. The van der Waals surface area contributed by atoms with Gasteiger partial charge in [-0.15, -0.1) is 0 Å². The molecule has 9 heteroatoms. The summed E-state index contributed by atoms with van der Waals surface area (Å²) in [5, 5.41) is 2.86. The third kappa shape index (κ3) is 4.37. The first-order valence-corrected chi connectivity index (χ1v) is 8.52. The summed E-state index contributed by atoms with van der Waals surface area (Å²) in [4.78, 5) is 20.7. The lowest BCUT2D eigenvalue weighted by atomic mass is 10.2. The molecule has 26 heavy (non-hydrogen) atoms. The number of hydrogen-bond donors (Lipinski definition) is 2. The first kappa shape index (κ1) is 17.9. The zero-order valence-corrected chi connectivity index (χ0v) is 15.2. The number of fused-ring (bicyclic) bond motifs is 1. The quantitative estimate of drug-likeness (QED) is 0.695. The highest BCUT2D eigenvalue weighted by molar-refractivity contribution is 7.21. The Morgan fingerprint density at radius 2 is 2.00 bits per heavy atom. The summed E-state index contributed by atoms with van der Waals surface area (Å²) in [5.41, 5.74) is 5.89. The first-order chi connectivity index (χ1) is 12.2. The van der Waals surface area contributed by atoms with Crippen molar-refractivity contribution in [3.05, 3.63) is 36.1 Å². The van der Waals surface area contributed by atoms with Crippen LogP contribution in [0.5, 0.6) is 11.6 Å². The molecule has 0 saturated carbocycles. The molecule has 1 amide bonds. The van der Waals surface area contributed by atoms with Crippen molar-refractivity contribution >= 4 is 38.6 Å². The molecule has 7 nitrogen and oxygen atoms in total. The molecule has 2 heterocycles. The number of thiazole rings is 1. The molecule has 0 aliphatic rings. The van der Waals surface area contributed by atoms with Crippen molar-refractivity contribution < 1.29 is 18.7 Å². The Labute approximate surface area is 153 Å². The average Bonchev–Trinajstić information content (AvgIpc) is 2.87.